The summed E-state index contributed by atoms with van der Waals surface area (Å²) in [5.74, 6) is -1.07. The van der Waals surface area contributed by atoms with E-state index < -0.39 is 11.9 Å². The molecule has 0 saturated carbocycles. The van der Waals surface area contributed by atoms with E-state index in [-0.39, 0.29) is 30.0 Å². The molecule has 1 atom stereocenters. The summed E-state index contributed by atoms with van der Waals surface area (Å²) in [4.78, 5) is 35.0. The highest BCUT2D eigenvalue weighted by Gasteiger charge is 2.17. The Labute approximate surface area is 163 Å². The normalized spacial score (nSPS) is 15.7. The monoisotopic (exact) mass is 393 g/mol. The van der Waals surface area contributed by atoms with Gasteiger partial charge in [0, 0.05) is 30.8 Å². The minimum atomic E-state index is -0.467. The van der Waals surface area contributed by atoms with Crippen LogP contribution in [-0.2, 0) is 19.1 Å². The van der Waals surface area contributed by atoms with Gasteiger partial charge in [0.1, 0.15) is 0 Å². The zero-order valence-corrected chi connectivity index (χ0v) is 15.9. The van der Waals surface area contributed by atoms with Crippen LogP contribution < -0.4 is 16.0 Å². The molecule has 1 aromatic carbocycles. The topological polar surface area (TPSA) is 106 Å². The third-order valence-corrected chi connectivity index (χ3v) is 4.14. The number of rotatable bonds is 7. The van der Waals surface area contributed by atoms with Gasteiger partial charge in [0.15, 0.2) is 5.11 Å². The highest BCUT2D eigenvalue weighted by molar-refractivity contribution is 7.80. The Bertz CT molecular complexity index is 704. The molecule has 2 amide bonds. The van der Waals surface area contributed by atoms with Crippen molar-refractivity contribution in [2.24, 2.45) is 0 Å². The minimum Gasteiger partial charge on any atom is -0.469 e. The zero-order valence-electron chi connectivity index (χ0n) is 15.1. The van der Waals surface area contributed by atoms with Crippen molar-refractivity contribution in [3.05, 3.63) is 29.8 Å². The summed E-state index contributed by atoms with van der Waals surface area (Å²) in [6, 6.07) is 6.76. The van der Waals surface area contributed by atoms with Gasteiger partial charge in [0.05, 0.1) is 19.6 Å². The average Bonchev–Trinajstić information content (AvgIpc) is 3.17. The molecule has 0 aliphatic carbocycles. The van der Waals surface area contributed by atoms with Crippen LogP contribution in [0.1, 0.15) is 36.0 Å². The maximum atomic E-state index is 12.3. The number of thiocarbonyl (C=S) groups is 1. The number of anilines is 1. The summed E-state index contributed by atoms with van der Waals surface area (Å²) in [6.45, 7) is 1.22. The Morgan fingerprint density at radius 3 is 2.81 bits per heavy atom. The van der Waals surface area contributed by atoms with Crippen LogP contribution >= 0.6 is 12.2 Å². The molecule has 1 aliphatic rings. The van der Waals surface area contributed by atoms with Gasteiger partial charge in [0.2, 0.25) is 5.91 Å². The molecule has 1 saturated heterocycles. The van der Waals surface area contributed by atoms with Crippen LogP contribution in [0.25, 0.3) is 0 Å². The summed E-state index contributed by atoms with van der Waals surface area (Å²) in [7, 11) is 1.26. The first kappa shape index (κ1) is 20.8. The molecular weight excluding hydrogens is 370 g/mol. The quantitative estimate of drug-likeness (QED) is 0.474. The number of nitrogens with one attached hydrogen (secondary N) is 3. The van der Waals surface area contributed by atoms with Gasteiger partial charge in [-0.05, 0) is 43.3 Å². The average molecular weight is 393 g/mol. The molecule has 146 valence electrons. The molecule has 0 radical (unpaired) electrons. The fraction of sp³-hybridized carbons (Fsp3) is 0.444. The first-order chi connectivity index (χ1) is 13.0. The summed E-state index contributed by atoms with van der Waals surface area (Å²) in [5, 5.41) is 8.25. The number of hydrogen-bond donors (Lipinski definition) is 3. The Kier molecular flexibility index (Phi) is 8.15. The first-order valence-corrected chi connectivity index (χ1v) is 9.06. The summed E-state index contributed by atoms with van der Waals surface area (Å²) in [5.41, 5.74) is 1.04. The number of esters is 1. The number of benzene rings is 1. The van der Waals surface area contributed by atoms with Crippen LogP contribution in [0.4, 0.5) is 5.69 Å². The maximum absolute atomic E-state index is 12.3. The van der Waals surface area contributed by atoms with E-state index in [1.54, 1.807) is 24.3 Å². The fourth-order valence-electron chi connectivity index (χ4n) is 2.52. The predicted octanol–water partition coefficient (Wildman–Crippen LogP) is 1.36. The summed E-state index contributed by atoms with van der Waals surface area (Å²) < 4.78 is 9.96. The molecule has 2 rings (SSSR count). The third kappa shape index (κ3) is 7.32. The van der Waals surface area contributed by atoms with Gasteiger partial charge in [-0.2, -0.15) is 0 Å². The van der Waals surface area contributed by atoms with Crippen LogP contribution in [0.2, 0.25) is 0 Å². The lowest BCUT2D eigenvalue weighted by molar-refractivity contribution is -0.142. The van der Waals surface area contributed by atoms with Crippen LogP contribution in [0, 0.1) is 0 Å². The van der Waals surface area contributed by atoms with Gasteiger partial charge < -0.3 is 25.4 Å². The number of carbonyl (C=O) groups is 3. The van der Waals surface area contributed by atoms with Crippen molar-refractivity contribution in [1.82, 2.24) is 10.6 Å². The first-order valence-electron chi connectivity index (χ1n) is 8.65. The van der Waals surface area contributed by atoms with E-state index in [0.717, 1.165) is 19.4 Å². The second-order valence-electron chi connectivity index (χ2n) is 6.00. The van der Waals surface area contributed by atoms with Gasteiger partial charge >= 0.3 is 5.97 Å². The Hall–Kier alpha value is -2.52. The van der Waals surface area contributed by atoms with Crippen molar-refractivity contribution in [3.63, 3.8) is 0 Å². The van der Waals surface area contributed by atoms with Crippen molar-refractivity contribution in [1.29, 1.82) is 0 Å². The standard InChI is InChI=1S/C18H23N3O5S/c1-25-16(23)8-7-15(22)21-18(27)20-13-5-2-4-12(10-13)17(24)19-11-14-6-3-9-26-14/h2,4-5,10,14H,3,6-9,11H2,1H3,(H,19,24)(H2,20,21,22,27). The van der Waals surface area contributed by atoms with E-state index in [0.29, 0.717) is 17.8 Å². The second kappa shape index (κ2) is 10.6. The number of hydrogen-bond acceptors (Lipinski definition) is 6. The maximum Gasteiger partial charge on any atom is 0.306 e. The van der Waals surface area contributed by atoms with Crippen molar-refractivity contribution in [2.75, 3.05) is 25.6 Å². The SMILES string of the molecule is COC(=O)CCC(=O)NC(=S)Nc1cccc(C(=O)NCC2CCCO2)c1. The van der Waals surface area contributed by atoms with Crippen LogP contribution in [0.5, 0.6) is 0 Å². The van der Waals surface area contributed by atoms with Crippen molar-refractivity contribution in [2.45, 2.75) is 31.8 Å². The van der Waals surface area contributed by atoms with E-state index in [1.165, 1.54) is 7.11 Å². The molecule has 1 fully saturated rings. The summed E-state index contributed by atoms with van der Waals surface area (Å²) in [6.07, 6.45) is 1.99. The Morgan fingerprint density at radius 2 is 2.11 bits per heavy atom. The second-order valence-corrected chi connectivity index (χ2v) is 6.41. The highest BCUT2D eigenvalue weighted by atomic mass is 32.1. The molecule has 0 bridgehead atoms. The lowest BCUT2D eigenvalue weighted by atomic mass is 10.1. The van der Waals surface area contributed by atoms with Gasteiger partial charge in [-0.15, -0.1) is 0 Å². The van der Waals surface area contributed by atoms with E-state index in [9.17, 15) is 14.4 Å². The van der Waals surface area contributed by atoms with E-state index in [1.807, 2.05) is 0 Å². The smallest absolute Gasteiger partial charge is 0.306 e. The lowest BCUT2D eigenvalue weighted by Crippen LogP contribution is -2.34. The van der Waals surface area contributed by atoms with Gasteiger partial charge in [-0.3, -0.25) is 14.4 Å². The molecule has 8 nitrogen and oxygen atoms in total. The number of amides is 2. The third-order valence-electron chi connectivity index (χ3n) is 3.93. The summed E-state index contributed by atoms with van der Waals surface area (Å²) >= 11 is 5.08. The lowest BCUT2D eigenvalue weighted by Gasteiger charge is -2.12. The molecule has 1 heterocycles. The molecule has 27 heavy (non-hydrogen) atoms. The molecule has 3 N–H and O–H groups in total. The molecule has 9 heteroatoms. The molecular formula is C18H23N3O5S. The van der Waals surface area contributed by atoms with Gasteiger partial charge in [-0.25, -0.2) is 0 Å². The minimum absolute atomic E-state index is 0.0225. The number of ether oxygens (including phenoxy) is 2. The number of methoxy groups -OCH3 is 1. The number of carbonyl (C=O) groups excluding carboxylic acids is 3. The largest absolute Gasteiger partial charge is 0.469 e. The van der Waals surface area contributed by atoms with Crippen LogP contribution in [-0.4, -0.2) is 49.3 Å². The zero-order chi connectivity index (χ0) is 19.6. The predicted molar refractivity (Wildman–Crippen MR) is 103 cm³/mol. The molecule has 1 aromatic rings. The Morgan fingerprint density at radius 1 is 1.30 bits per heavy atom. The van der Waals surface area contributed by atoms with E-state index in [4.69, 9.17) is 17.0 Å². The van der Waals surface area contributed by atoms with E-state index >= 15 is 0 Å². The molecule has 0 spiro atoms. The van der Waals surface area contributed by atoms with E-state index in [2.05, 4.69) is 20.7 Å². The fourth-order valence-corrected chi connectivity index (χ4v) is 2.75. The Balaban J connectivity index is 1.81. The van der Waals surface area contributed by atoms with Crippen LogP contribution in [0.3, 0.4) is 0 Å². The van der Waals surface area contributed by atoms with Crippen LogP contribution in [0.15, 0.2) is 24.3 Å². The van der Waals surface area contributed by atoms with Crippen molar-refractivity contribution in [3.8, 4) is 0 Å². The van der Waals surface area contributed by atoms with Gasteiger partial charge in [-0.1, -0.05) is 6.07 Å². The van der Waals surface area contributed by atoms with Gasteiger partial charge in [0.25, 0.3) is 5.91 Å². The molecule has 0 aromatic heterocycles. The molecule has 1 unspecified atom stereocenters. The van der Waals surface area contributed by atoms with Crippen molar-refractivity contribution < 1.29 is 23.9 Å². The van der Waals surface area contributed by atoms with Crippen molar-refractivity contribution >= 4 is 40.8 Å². The molecule has 1 aliphatic heterocycles. The highest BCUT2D eigenvalue weighted by Crippen LogP contribution is 2.13.